The van der Waals surface area contributed by atoms with E-state index in [4.69, 9.17) is 16.7 Å². The predicted octanol–water partition coefficient (Wildman–Crippen LogP) is 1.27. The lowest BCUT2D eigenvalue weighted by Gasteiger charge is -2.07. The highest BCUT2D eigenvalue weighted by Gasteiger charge is 2.15. The molecule has 2 aromatic rings. The van der Waals surface area contributed by atoms with Crippen LogP contribution in [-0.2, 0) is 15.9 Å². The van der Waals surface area contributed by atoms with Crippen molar-refractivity contribution in [3.05, 3.63) is 35.9 Å². The predicted molar refractivity (Wildman–Crippen MR) is 70.0 cm³/mol. The topological polar surface area (TPSA) is 106 Å². The number of primary sulfonamides is 1. The van der Waals surface area contributed by atoms with Crippen molar-refractivity contribution >= 4 is 21.6 Å². The molecule has 0 unspecified atom stereocenters. The fourth-order valence-corrected chi connectivity index (χ4v) is 2.39. The van der Waals surface area contributed by atoms with Gasteiger partial charge in [-0.05, 0) is 24.3 Å². The summed E-state index contributed by atoms with van der Waals surface area (Å²) in [6.45, 7) is 0. The van der Waals surface area contributed by atoms with Crippen molar-refractivity contribution in [3.8, 4) is 17.4 Å². The third kappa shape index (κ3) is 2.53. The molecule has 8 heteroatoms. The minimum absolute atomic E-state index is 0.0433. The molecule has 1 aromatic heterocycles. The van der Waals surface area contributed by atoms with Crippen molar-refractivity contribution in [1.82, 2.24) is 4.57 Å². The largest absolute Gasteiger partial charge is 0.494 e. The first-order chi connectivity index (χ1) is 8.84. The number of aromatic nitrogens is 1. The summed E-state index contributed by atoms with van der Waals surface area (Å²) in [5.74, 6) is -0.353. The van der Waals surface area contributed by atoms with Crippen molar-refractivity contribution in [1.29, 1.82) is 0 Å². The first-order valence-electron chi connectivity index (χ1n) is 5.16. The molecule has 0 fully saturated rings. The van der Waals surface area contributed by atoms with Crippen LogP contribution < -0.4 is 5.14 Å². The van der Waals surface area contributed by atoms with Crippen LogP contribution in [0.1, 0.15) is 5.56 Å². The quantitative estimate of drug-likeness (QED) is 0.742. The number of sulfonamides is 1. The smallest absolute Gasteiger partial charge is 0.238 e. The van der Waals surface area contributed by atoms with Crippen molar-refractivity contribution in [2.24, 2.45) is 5.14 Å². The van der Waals surface area contributed by atoms with E-state index in [0.29, 0.717) is 11.3 Å². The summed E-state index contributed by atoms with van der Waals surface area (Å²) in [5, 5.41) is 24.6. The Morgan fingerprint density at radius 3 is 2.21 bits per heavy atom. The zero-order chi connectivity index (χ0) is 14.2. The summed E-state index contributed by atoms with van der Waals surface area (Å²) >= 11 is 5.61. The summed E-state index contributed by atoms with van der Waals surface area (Å²) in [7, 11) is -3.78. The second-order valence-electron chi connectivity index (χ2n) is 3.86. The molecular formula is C11H11ClN2O4S. The minimum Gasteiger partial charge on any atom is -0.494 e. The first kappa shape index (κ1) is 13.7. The highest BCUT2D eigenvalue weighted by atomic mass is 35.5. The van der Waals surface area contributed by atoms with Crippen molar-refractivity contribution in [2.45, 2.75) is 10.8 Å². The van der Waals surface area contributed by atoms with Crippen LogP contribution in [0.2, 0.25) is 0 Å². The maximum atomic E-state index is 11.1. The zero-order valence-corrected chi connectivity index (χ0v) is 11.2. The molecule has 0 bridgehead atoms. The van der Waals surface area contributed by atoms with Gasteiger partial charge in [0.2, 0.25) is 15.9 Å². The average molecular weight is 303 g/mol. The highest BCUT2D eigenvalue weighted by molar-refractivity contribution is 7.89. The lowest BCUT2D eigenvalue weighted by Crippen LogP contribution is -2.11. The van der Waals surface area contributed by atoms with Crippen LogP contribution in [0.3, 0.4) is 0 Å². The van der Waals surface area contributed by atoms with Gasteiger partial charge in [0, 0.05) is 11.6 Å². The molecule has 1 aromatic carbocycles. The fourth-order valence-electron chi connectivity index (χ4n) is 1.67. The standard InChI is InChI=1S/C11H11ClN2O4S/c12-6-7-5-10(15)14(11(7)16)8-1-3-9(4-2-8)19(13,17)18/h1-5,15-16H,6H2,(H2,13,17,18). The zero-order valence-electron chi connectivity index (χ0n) is 9.62. The van der Waals surface area contributed by atoms with Gasteiger partial charge in [-0.15, -0.1) is 11.6 Å². The Bertz CT molecular complexity index is 707. The number of aromatic hydroxyl groups is 2. The Hall–Kier alpha value is -1.70. The molecule has 0 aliphatic carbocycles. The van der Waals surface area contributed by atoms with Gasteiger partial charge in [-0.25, -0.2) is 13.6 Å². The van der Waals surface area contributed by atoms with E-state index in [9.17, 15) is 18.6 Å². The molecule has 2 rings (SSSR count). The summed E-state index contributed by atoms with van der Waals surface area (Å²) in [6.07, 6.45) is 0. The molecule has 0 saturated carbocycles. The number of hydrogen-bond donors (Lipinski definition) is 3. The van der Waals surface area contributed by atoms with E-state index in [2.05, 4.69) is 0 Å². The number of rotatable bonds is 3. The van der Waals surface area contributed by atoms with Crippen molar-refractivity contribution in [2.75, 3.05) is 0 Å². The van der Waals surface area contributed by atoms with Crippen LogP contribution >= 0.6 is 11.6 Å². The Morgan fingerprint density at radius 2 is 1.79 bits per heavy atom. The molecule has 0 aliphatic rings. The van der Waals surface area contributed by atoms with Gasteiger partial charge in [0.25, 0.3) is 0 Å². The first-order valence-corrected chi connectivity index (χ1v) is 7.24. The van der Waals surface area contributed by atoms with Crippen LogP contribution in [0.25, 0.3) is 5.69 Å². The molecule has 4 N–H and O–H groups in total. The second-order valence-corrected chi connectivity index (χ2v) is 5.69. The summed E-state index contributed by atoms with van der Waals surface area (Å²) in [5.41, 5.74) is 0.758. The summed E-state index contributed by atoms with van der Waals surface area (Å²) < 4.78 is 23.4. The molecule has 0 amide bonds. The summed E-state index contributed by atoms with van der Waals surface area (Å²) in [4.78, 5) is -0.0556. The molecule has 0 aliphatic heterocycles. The van der Waals surface area contributed by atoms with E-state index >= 15 is 0 Å². The Kier molecular flexibility index (Phi) is 3.44. The van der Waals surface area contributed by atoms with E-state index in [-0.39, 0.29) is 22.5 Å². The number of nitrogens with two attached hydrogens (primary N) is 1. The molecule has 0 atom stereocenters. The molecule has 1 heterocycles. The third-order valence-electron chi connectivity index (χ3n) is 2.60. The maximum Gasteiger partial charge on any atom is 0.238 e. The van der Waals surface area contributed by atoms with Gasteiger partial charge < -0.3 is 10.2 Å². The fraction of sp³-hybridized carbons (Fsp3) is 0.0909. The third-order valence-corrected chi connectivity index (χ3v) is 3.82. The van der Waals surface area contributed by atoms with Gasteiger partial charge in [-0.1, -0.05) is 0 Å². The number of hydrogen-bond acceptors (Lipinski definition) is 4. The molecule has 102 valence electrons. The van der Waals surface area contributed by atoms with Gasteiger partial charge in [-0.3, -0.25) is 4.57 Å². The molecule has 0 radical (unpaired) electrons. The maximum absolute atomic E-state index is 11.1. The van der Waals surface area contributed by atoms with Gasteiger partial charge in [0.1, 0.15) is 0 Å². The van der Waals surface area contributed by atoms with Gasteiger partial charge in [0.05, 0.1) is 16.5 Å². The normalized spacial score (nSPS) is 11.7. The van der Waals surface area contributed by atoms with Gasteiger partial charge in [0.15, 0.2) is 5.88 Å². The van der Waals surface area contributed by atoms with Gasteiger partial charge >= 0.3 is 0 Å². The number of benzene rings is 1. The van der Waals surface area contributed by atoms with Crippen molar-refractivity contribution < 1.29 is 18.6 Å². The molecular weight excluding hydrogens is 292 g/mol. The highest BCUT2D eigenvalue weighted by Crippen LogP contribution is 2.32. The average Bonchev–Trinajstić information content (AvgIpc) is 2.63. The van der Waals surface area contributed by atoms with E-state index in [1.165, 1.54) is 30.3 Å². The van der Waals surface area contributed by atoms with Crippen LogP contribution in [-0.4, -0.2) is 23.2 Å². The lowest BCUT2D eigenvalue weighted by molar-refractivity contribution is 0.401. The second kappa shape index (κ2) is 4.76. The molecule has 0 spiro atoms. The van der Waals surface area contributed by atoms with E-state index in [1.807, 2.05) is 0 Å². The number of nitrogens with zero attached hydrogens (tertiary/aromatic N) is 1. The minimum atomic E-state index is -3.78. The number of alkyl halides is 1. The van der Waals surface area contributed by atoms with Crippen LogP contribution in [0.4, 0.5) is 0 Å². The monoisotopic (exact) mass is 302 g/mol. The van der Waals surface area contributed by atoms with Crippen LogP contribution in [0.5, 0.6) is 11.8 Å². The van der Waals surface area contributed by atoms with Crippen LogP contribution in [0.15, 0.2) is 35.2 Å². The Balaban J connectivity index is 2.52. The summed E-state index contributed by atoms with van der Waals surface area (Å²) in [6, 6.07) is 6.72. The Morgan fingerprint density at radius 1 is 1.21 bits per heavy atom. The van der Waals surface area contributed by atoms with Crippen LogP contribution in [0, 0.1) is 0 Å². The van der Waals surface area contributed by atoms with Gasteiger partial charge in [-0.2, -0.15) is 0 Å². The lowest BCUT2D eigenvalue weighted by atomic mass is 10.3. The van der Waals surface area contributed by atoms with E-state index in [0.717, 1.165) is 4.57 Å². The molecule has 6 nitrogen and oxygen atoms in total. The van der Waals surface area contributed by atoms with E-state index in [1.54, 1.807) is 0 Å². The SMILES string of the molecule is NS(=O)(=O)c1ccc(-n2c(O)cc(CCl)c2O)cc1. The van der Waals surface area contributed by atoms with E-state index < -0.39 is 10.0 Å². The molecule has 19 heavy (non-hydrogen) atoms. The number of halogens is 1. The van der Waals surface area contributed by atoms with Crippen molar-refractivity contribution in [3.63, 3.8) is 0 Å². The molecule has 0 saturated heterocycles. The Labute approximate surface area is 114 Å².